The Morgan fingerprint density at radius 1 is 1.19 bits per heavy atom. The van der Waals surface area contributed by atoms with Gasteiger partial charge in [0.05, 0.1) is 12.6 Å². The van der Waals surface area contributed by atoms with Crippen molar-refractivity contribution in [2.75, 3.05) is 0 Å². The minimum absolute atomic E-state index is 0.0170. The molecule has 82 valence electrons. The fourth-order valence-corrected chi connectivity index (χ4v) is 1.42. The van der Waals surface area contributed by atoms with E-state index in [-0.39, 0.29) is 24.4 Å². The van der Waals surface area contributed by atoms with E-state index in [1.807, 2.05) is 0 Å². The largest absolute Gasteiger partial charge is 0.361 e. The van der Waals surface area contributed by atoms with Gasteiger partial charge in [0.2, 0.25) is 0 Å². The van der Waals surface area contributed by atoms with Gasteiger partial charge >= 0.3 is 0 Å². The summed E-state index contributed by atoms with van der Waals surface area (Å²) in [5, 5.41) is 3.52. The van der Waals surface area contributed by atoms with Crippen LogP contribution >= 0.6 is 0 Å². The van der Waals surface area contributed by atoms with Crippen LogP contribution in [-0.4, -0.2) is 10.9 Å². The molecule has 16 heavy (non-hydrogen) atoms. The van der Waals surface area contributed by atoms with E-state index < -0.39 is 0 Å². The number of hydrogen-bond acceptors (Lipinski definition) is 3. The van der Waals surface area contributed by atoms with Gasteiger partial charge in [0, 0.05) is 12.5 Å². The van der Waals surface area contributed by atoms with Crippen LogP contribution in [-0.2, 0) is 17.6 Å². The van der Waals surface area contributed by atoms with E-state index in [2.05, 4.69) is 5.16 Å². The van der Waals surface area contributed by atoms with Gasteiger partial charge in [-0.1, -0.05) is 17.3 Å². The maximum atomic E-state index is 12.6. The average Bonchev–Trinajstić information content (AvgIpc) is 2.74. The molecule has 0 radical (unpaired) electrons. The van der Waals surface area contributed by atoms with Crippen molar-refractivity contribution in [1.82, 2.24) is 5.16 Å². The summed E-state index contributed by atoms with van der Waals surface area (Å²) < 4.78 is 17.5. The van der Waals surface area contributed by atoms with Crippen molar-refractivity contribution in [3.8, 4) is 0 Å². The first-order valence-electron chi connectivity index (χ1n) is 4.90. The lowest BCUT2D eigenvalue weighted by Gasteiger charge is -1.99. The molecule has 0 amide bonds. The number of carbonyl (C=O) groups excluding carboxylic acids is 1. The highest BCUT2D eigenvalue weighted by Crippen LogP contribution is 2.06. The van der Waals surface area contributed by atoms with Crippen molar-refractivity contribution >= 4 is 5.78 Å². The van der Waals surface area contributed by atoms with Crippen molar-refractivity contribution < 1.29 is 13.7 Å². The lowest BCUT2D eigenvalue weighted by atomic mass is 10.1. The summed E-state index contributed by atoms with van der Waals surface area (Å²) in [6.45, 7) is 0. The first-order chi connectivity index (χ1) is 7.74. The van der Waals surface area contributed by atoms with E-state index in [1.165, 1.54) is 18.3 Å². The number of rotatable bonds is 4. The molecule has 1 aromatic heterocycles. The first-order valence-corrected chi connectivity index (χ1v) is 4.90. The fraction of sp³-hybridized carbons (Fsp3) is 0.167. The minimum atomic E-state index is -0.300. The van der Waals surface area contributed by atoms with Crippen LogP contribution in [0.3, 0.4) is 0 Å². The van der Waals surface area contributed by atoms with E-state index >= 15 is 0 Å². The van der Waals surface area contributed by atoms with E-state index in [9.17, 15) is 9.18 Å². The van der Waals surface area contributed by atoms with Crippen molar-refractivity contribution in [2.45, 2.75) is 12.8 Å². The molecule has 2 aromatic rings. The van der Waals surface area contributed by atoms with Crippen LogP contribution in [0, 0.1) is 5.82 Å². The summed E-state index contributed by atoms with van der Waals surface area (Å²) in [5.41, 5.74) is 0.797. The van der Waals surface area contributed by atoms with Crippen LogP contribution in [0.2, 0.25) is 0 Å². The topological polar surface area (TPSA) is 43.1 Å². The molecule has 2 rings (SSSR count). The summed E-state index contributed by atoms with van der Waals surface area (Å²) in [6.07, 6.45) is 2.00. The highest BCUT2D eigenvalue weighted by Gasteiger charge is 2.07. The number of halogens is 1. The second-order valence-electron chi connectivity index (χ2n) is 3.50. The second-order valence-corrected chi connectivity index (χ2v) is 3.50. The van der Waals surface area contributed by atoms with E-state index in [0.29, 0.717) is 5.76 Å². The summed E-state index contributed by atoms with van der Waals surface area (Å²) in [5.74, 6) is 0.266. The molecular weight excluding hydrogens is 209 g/mol. The van der Waals surface area contributed by atoms with Gasteiger partial charge in [-0.3, -0.25) is 4.79 Å². The third-order valence-electron chi connectivity index (χ3n) is 2.18. The predicted octanol–water partition coefficient (Wildman–Crippen LogP) is 2.17. The third kappa shape index (κ3) is 2.76. The summed E-state index contributed by atoms with van der Waals surface area (Å²) >= 11 is 0. The third-order valence-corrected chi connectivity index (χ3v) is 2.18. The number of hydrogen-bond donors (Lipinski definition) is 0. The van der Waals surface area contributed by atoms with Crippen LogP contribution in [0.25, 0.3) is 0 Å². The number of benzene rings is 1. The highest BCUT2D eigenvalue weighted by atomic mass is 19.1. The smallest absolute Gasteiger partial charge is 0.144 e. The summed E-state index contributed by atoms with van der Waals surface area (Å²) in [7, 11) is 0. The van der Waals surface area contributed by atoms with Gasteiger partial charge in [0.25, 0.3) is 0 Å². The van der Waals surface area contributed by atoms with Crippen LogP contribution in [0.1, 0.15) is 11.3 Å². The molecule has 0 atom stereocenters. The highest BCUT2D eigenvalue weighted by molar-refractivity contribution is 5.82. The molecule has 0 bridgehead atoms. The Hall–Kier alpha value is -1.97. The number of carbonyl (C=O) groups is 1. The van der Waals surface area contributed by atoms with Gasteiger partial charge in [-0.25, -0.2) is 4.39 Å². The second kappa shape index (κ2) is 4.70. The van der Waals surface area contributed by atoms with Crippen molar-refractivity contribution in [2.24, 2.45) is 0 Å². The Balaban J connectivity index is 1.95. The quantitative estimate of drug-likeness (QED) is 0.791. The molecular formula is C12H10FNO2. The molecule has 0 saturated heterocycles. The summed E-state index contributed by atoms with van der Waals surface area (Å²) in [6, 6.07) is 7.55. The van der Waals surface area contributed by atoms with Crippen LogP contribution in [0.4, 0.5) is 4.39 Å². The van der Waals surface area contributed by atoms with Gasteiger partial charge in [-0.15, -0.1) is 0 Å². The zero-order chi connectivity index (χ0) is 11.4. The molecule has 1 heterocycles. The molecule has 0 aliphatic rings. The first kappa shape index (κ1) is 10.5. The molecule has 4 heteroatoms. The standard InChI is InChI=1S/C12H10FNO2/c13-10-3-1-9(2-4-10)7-11(15)8-12-5-6-14-16-12/h1-6H,7-8H2. The Bertz CT molecular complexity index is 462. The van der Waals surface area contributed by atoms with Gasteiger partial charge < -0.3 is 4.52 Å². The maximum absolute atomic E-state index is 12.6. The van der Waals surface area contributed by atoms with Gasteiger partial charge in [-0.2, -0.15) is 0 Å². The van der Waals surface area contributed by atoms with Gasteiger partial charge in [-0.05, 0) is 17.7 Å². The lowest BCUT2D eigenvalue weighted by molar-refractivity contribution is -0.118. The van der Waals surface area contributed by atoms with Gasteiger partial charge in [0.15, 0.2) is 0 Å². The lowest BCUT2D eigenvalue weighted by Crippen LogP contribution is -2.05. The molecule has 0 spiro atoms. The average molecular weight is 219 g/mol. The van der Waals surface area contributed by atoms with E-state index in [4.69, 9.17) is 4.52 Å². The Labute approximate surface area is 91.9 Å². The van der Waals surface area contributed by atoms with E-state index in [0.717, 1.165) is 5.56 Å². The maximum Gasteiger partial charge on any atom is 0.144 e. The molecule has 3 nitrogen and oxygen atoms in total. The zero-order valence-electron chi connectivity index (χ0n) is 8.52. The molecule has 0 aliphatic heterocycles. The number of nitrogens with zero attached hydrogens (tertiary/aromatic N) is 1. The monoisotopic (exact) mass is 219 g/mol. The number of aromatic nitrogens is 1. The van der Waals surface area contributed by atoms with Crippen LogP contribution in [0.5, 0.6) is 0 Å². The predicted molar refractivity (Wildman–Crippen MR) is 55.3 cm³/mol. The molecule has 0 aliphatic carbocycles. The minimum Gasteiger partial charge on any atom is -0.361 e. The molecule has 0 saturated carbocycles. The SMILES string of the molecule is O=C(Cc1ccc(F)cc1)Cc1ccno1. The Morgan fingerprint density at radius 3 is 2.56 bits per heavy atom. The van der Waals surface area contributed by atoms with Crippen molar-refractivity contribution in [1.29, 1.82) is 0 Å². The normalized spacial score (nSPS) is 10.3. The fourth-order valence-electron chi connectivity index (χ4n) is 1.42. The van der Waals surface area contributed by atoms with Crippen LogP contribution in [0.15, 0.2) is 41.1 Å². The van der Waals surface area contributed by atoms with Crippen LogP contribution < -0.4 is 0 Å². The number of Topliss-reactive ketones (excluding diaryl/α,β-unsaturated/α-hetero) is 1. The summed E-state index contributed by atoms with van der Waals surface area (Å²) in [4.78, 5) is 11.6. The zero-order valence-corrected chi connectivity index (χ0v) is 8.52. The molecule has 0 N–H and O–H groups in total. The molecule has 1 aromatic carbocycles. The van der Waals surface area contributed by atoms with Crippen molar-refractivity contribution in [3.63, 3.8) is 0 Å². The molecule has 0 fully saturated rings. The molecule has 0 unspecified atom stereocenters. The Kier molecular flexibility index (Phi) is 3.10. The van der Waals surface area contributed by atoms with Crippen molar-refractivity contribution in [3.05, 3.63) is 53.7 Å². The Morgan fingerprint density at radius 2 is 1.94 bits per heavy atom. The van der Waals surface area contributed by atoms with Gasteiger partial charge in [0.1, 0.15) is 17.4 Å². The number of ketones is 1. The van der Waals surface area contributed by atoms with E-state index in [1.54, 1.807) is 18.2 Å².